The van der Waals surface area contributed by atoms with Gasteiger partial charge in [0, 0.05) is 27.5 Å². The SMILES string of the molecule is COc1ccc(COC(=O)C2=C(/C=C/CSc3cc(N)nc(N)n3)CS[C@@H]3[C@H](NC(=O)CSc4cc(Cl)ccc4Cl)C(=O)N23)cc1. The lowest BCUT2D eigenvalue weighted by atomic mass is 10.0. The fraction of sp³-hybridized carbons (Fsp3) is 0.233. The molecule has 46 heavy (non-hydrogen) atoms. The molecular formula is C30H28Cl2N6O5S3. The number of rotatable bonds is 12. The molecule has 2 aliphatic rings. The Morgan fingerprint density at radius 2 is 1.91 bits per heavy atom. The van der Waals surface area contributed by atoms with Gasteiger partial charge in [0.05, 0.1) is 17.9 Å². The number of fused-ring (bicyclic) bond motifs is 1. The van der Waals surface area contributed by atoms with E-state index in [1.54, 1.807) is 61.7 Å². The van der Waals surface area contributed by atoms with Crippen LogP contribution in [0, 0.1) is 0 Å². The van der Waals surface area contributed by atoms with Crippen LogP contribution in [0.15, 0.2) is 81.9 Å². The molecule has 0 bridgehead atoms. The van der Waals surface area contributed by atoms with Crippen LogP contribution >= 0.6 is 58.5 Å². The van der Waals surface area contributed by atoms with Crippen LogP contribution in [-0.2, 0) is 25.7 Å². The Labute approximate surface area is 287 Å². The van der Waals surface area contributed by atoms with E-state index in [0.29, 0.717) is 42.8 Å². The monoisotopic (exact) mass is 718 g/mol. The van der Waals surface area contributed by atoms with Crippen molar-refractivity contribution in [2.45, 2.75) is 27.9 Å². The molecule has 2 amide bonds. The lowest BCUT2D eigenvalue weighted by molar-refractivity contribution is -0.153. The number of hydrogen-bond acceptors (Lipinski definition) is 12. The Morgan fingerprint density at radius 1 is 1.13 bits per heavy atom. The highest BCUT2D eigenvalue weighted by atomic mass is 35.5. The molecule has 1 saturated heterocycles. The first-order valence-corrected chi connectivity index (χ1v) is 17.4. The van der Waals surface area contributed by atoms with Gasteiger partial charge >= 0.3 is 5.97 Å². The van der Waals surface area contributed by atoms with Crippen LogP contribution in [0.5, 0.6) is 5.75 Å². The predicted octanol–water partition coefficient (Wildman–Crippen LogP) is 4.79. The minimum atomic E-state index is -0.799. The summed E-state index contributed by atoms with van der Waals surface area (Å²) in [5.41, 5.74) is 13.0. The number of nitrogens with one attached hydrogen (secondary N) is 1. The maximum atomic E-state index is 13.5. The topological polar surface area (TPSA) is 163 Å². The van der Waals surface area contributed by atoms with Gasteiger partial charge in [0.25, 0.3) is 5.91 Å². The first-order chi connectivity index (χ1) is 22.1. The minimum Gasteiger partial charge on any atom is -0.497 e. The summed E-state index contributed by atoms with van der Waals surface area (Å²) in [5, 5.41) is 3.91. The molecule has 1 aromatic heterocycles. The average molecular weight is 720 g/mol. The number of carbonyl (C=O) groups excluding carboxylic acids is 3. The van der Waals surface area contributed by atoms with Crippen LogP contribution in [0.25, 0.3) is 0 Å². The number of allylic oxidation sites excluding steroid dienone is 1. The second kappa shape index (κ2) is 15.4. The molecule has 3 heterocycles. The van der Waals surface area contributed by atoms with E-state index in [-0.39, 0.29) is 35.7 Å². The van der Waals surface area contributed by atoms with E-state index in [4.69, 9.17) is 44.1 Å². The zero-order valence-electron chi connectivity index (χ0n) is 24.3. The maximum absolute atomic E-state index is 13.5. The van der Waals surface area contributed by atoms with E-state index in [1.165, 1.54) is 40.2 Å². The summed E-state index contributed by atoms with van der Waals surface area (Å²) in [7, 11) is 1.57. The van der Waals surface area contributed by atoms with Gasteiger partial charge in [0.2, 0.25) is 11.9 Å². The van der Waals surface area contributed by atoms with Crippen LogP contribution in [0.1, 0.15) is 5.56 Å². The van der Waals surface area contributed by atoms with Crippen molar-refractivity contribution in [3.05, 3.63) is 87.6 Å². The molecule has 240 valence electrons. The normalized spacial score (nSPS) is 17.5. The van der Waals surface area contributed by atoms with Crippen LogP contribution < -0.4 is 21.5 Å². The average Bonchev–Trinajstić information content (AvgIpc) is 3.04. The number of halogens is 2. The molecule has 16 heteroatoms. The third-order valence-electron chi connectivity index (χ3n) is 6.67. The van der Waals surface area contributed by atoms with Gasteiger partial charge in [-0.25, -0.2) is 9.78 Å². The van der Waals surface area contributed by atoms with E-state index in [1.807, 2.05) is 6.08 Å². The van der Waals surface area contributed by atoms with Crippen molar-refractivity contribution in [2.75, 3.05) is 35.8 Å². The predicted molar refractivity (Wildman–Crippen MR) is 183 cm³/mol. The molecule has 2 aliphatic heterocycles. The number of nitrogens with zero attached hydrogens (tertiary/aromatic N) is 3. The molecule has 5 N–H and O–H groups in total. The number of methoxy groups -OCH3 is 1. The number of anilines is 2. The van der Waals surface area contributed by atoms with Gasteiger partial charge in [-0.1, -0.05) is 47.5 Å². The van der Waals surface area contributed by atoms with E-state index in [9.17, 15) is 14.4 Å². The number of β-lactam (4-membered cyclic amide) rings is 1. The van der Waals surface area contributed by atoms with Gasteiger partial charge < -0.3 is 26.3 Å². The van der Waals surface area contributed by atoms with Crippen molar-refractivity contribution < 1.29 is 23.9 Å². The molecule has 1 fully saturated rings. The maximum Gasteiger partial charge on any atom is 0.355 e. The molecule has 0 saturated carbocycles. The molecule has 2 aromatic carbocycles. The van der Waals surface area contributed by atoms with Crippen LogP contribution in [0.2, 0.25) is 10.0 Å². The Kier molecular flexibility index (Phi) is 11.3. The Morgan fingerprint density at radius 3 is 2.65 bits per heavy atom. The quantitative estimate of drug-likeness (QED) is 0.102. The summed E-state index contributed by atoms with van der Waals surface area (Å²) in [4.78, 5) is 49.8. The van der Waals surface area contributed by atoms with Crippen molar-refractivity contribution in [3.63, 3.8) is 0 Å². The van der Waals surface area contributed by atoms with Crippen LogP contribution in [0.4, 0.5) is 11.8 Å². The van der Waals surface area contributed by atoms with E-state index >= 15 is 0 Å². The smallest absolute Gasteiger partial charge is 0.355 e. The van der Waals surface area contributed by atoms with Gasteiger partial charge in [-0.2, -0.15) is 4.98 Å². The van der Waals surface area contributed by atoms with Crippen molar-refractivity contribution in [1.82, 2.24) is 20.2 Å². The summed E-state index contributed by atoms with van der Waals surface area (Å²) in [5.74, 6) is 0.561. The van der Waals surface area contributed by atoms with Crippen molar-refractivity contribution in [2.24, 2.45) is 0 Å². The fourth-order valence-electron chi connectivity index (χ4n) is 4.50. The molecule has 2 atom stereocenters. The highest BCUT2D eigenvalue weighted by molar-refractivity contribution is 8.00. The molecule has 0 unspecified atom stereocenters. The number of ether oxygens (including phenoxy) is 2. The lowest BCUT2D eigenvalue weighted by Crippen LogP contribution is -2.70. The Balaban J connectivity index is 1.28. The number of nitrogen functional groups attached to an aromatic ring is 2. The Hall–Kier alpha value is -3.56. The minimum absolute atomic E-state index is 0.000972. The molecule has 3 aromatic rings. The zero-order valence-corrected chi connectivity index (χ0v) is 28.2. The third-order valence-corrected chi connectivity index (χ3v) is 10.6. The van der Waals surface area contributed by atoms with Gasteiger partial charge in [-0.3, -0.25) is 14.5 Å². The molecule has 0 aliphatic carbocycles. The van der Waals surface area contributed by atoms with Gasteiger partial charge in [-0.15, -0.1) is 35.3 Å². The van der Waals surface area contributed by atoms with Crippen molar-refractivity contribution >= 4 is 88.0 Å². The Bertz CT molecular complexity index is 1690. The largest absolute Gasteiger partial charge is 0.497 e. The first kappa shape index (κ1) is 33.8. The summed E-state index contributed by atoms with van der Waals surface area (Å²) < 4.78 is 10.8. The summed E-state index contributed by atoms with van der Waals surface area (Å²) in [6, 6.07) is 12.9. The molecular weight excluding hydrogens is 691 g/mol. The van der Waals surface area contributed by atoms with Crippen molar-refractivity contribution in [1.29, 1.82) is 0 Å². The number of esters is 1. The molecule has 0 radical (unpaired) electrons. The highest BCUT2D eigenvalue weighted by Gasteiger charge is 2.54. The number of hydrogen-bond donors (Lipinski definition) is 3. The number of thioether (sulfide) groups is 3. The number of aromatic nitrogens is 2. The third kappa shape index (κ3) is 8.23. The number of nitrogens with two attached hydrogens (primary N) is 2. The van der Waals surface area contributed by atoms with Crippen molar-refractivity contribution in [3.8, 4) is 5.75 Å². The fourth-order valence-corrected chi connectivity index (χ4v) is 7.85. The zero-order chi connectivity index (χ0) is 32.8. The first-order valence-electron chi connectivity index (χ1n) is 13.7. The molecule has 11 nitrogen and oxygen atoms in total. The van der Waals surface area contributed by atoms with Crippen LogP contribution in [0.3, 0.4) is 0 Å². The van der Waals surface area contributed by atoms with Gasteiger partial charge in [0.1, 0.15) is 40.3 Å². The number of benzene rings is 2. The van der Waals surface area contributed by atoms with E-state index in [0.717, 1.165) is 5.56 Å². The summed E-state index contributed by atoms with van der Waals surface area (Å²) in [6.07, 6.45) is 3.65. The van der Waals surface area contributed by atoms with Gasteiger partial charge in [-0.05, 0) is 41.5 Å². The number of amides is 2. The second-order valence-corrected chi connectivity index (χ2v) is 13.8. The van der Waals surface area contributed by atoms with Crippen LogP contribution in [-0.4, -0.2) is 68.4 Å². The highest BCUT2D eigenvalue weighted by Crippen LogP contribution is 2.41. The lowest BCUT2D eigenvalue weighted by Gasteiger charge is -2.49. The second-order valence-electron chi connectivity index (χ2n) is 9.82. The number of carbonyl (C=O) groups is 3. The standard InChI is InChI=1S/C30H28Cl2N6O5S3/c1-42-19-7-4-16(5-8-19)13-43-29(41)26-17(3-2-10-44-24-12-22(33)35-30(34)37-24)14-46-28-25(27(40)38(26)28)36-23(39)15-45-21-11-18(31)6-9-20(21)32/h2-9,11-12,25,28H,10,13-15H2,1H3,(H,36,39)(H4,33,34,35,37)/b3-2+/t25-,28-/m1/s1. The molecule has 0 spiro atoms. The van der Waals surface area contributed by atoms with E-state index < -0.39 is 23.3 Å². The summed E-state index contributed by atoms with van der Waals surface area (Å²) in [6.45, 7) is -0.000972. The van der Waals surface area contributed by atoms with Gasteiger partial charge in [0.15, 0.2) is 0 Å². The molecule has 5 rings (SSSR count). The summed E-state index contributed by atoms with van der Waals surface area (Å²) >= 11 is 16.3. The van der Waals surface area contributed by atoms with E-state index in [2.05, 4.69) is 15.3 Å².